The van der Waals surface area contributed by atoms with Crippen LogP contribution in [0.5, 0.6) is 0 Å². The molecular formula is C24H28FN7O. The van der Waals surface area contributed by atoms with E-state index >= 15 is 0 Å². The summed E-state index contributed by atoms with van der Waals surface area (Å²) in [7, 11) is 0. The van der Waals surface area contributed by atoms with Crippen LogP contribution in [0.25, 0.3) is 0 Å². The van der Waals surface area contributed by atoms with Crippen LogP contribution in [0.1, 0.15) is 51.0 Å². The molecule has 1 saturated heterocycles. The van der Waals surface area contributed by atoms with Gasteiger partial charge < -0.3 is 10.2 Å². The van der Waals surface area contributed by atoms with E-state index in [0.29, 0.717) is 23.9 Å². The minimum Gasteiger partial charge on any atom is -0.356 e. The number of rotatable bonds is 6. The first-order valence-corrected chi connectivity index (χ1v) is 11.7. The Morgan fingerprint density at radius 1 is 1.27 bits per heavy atom. The zero-order valence-electron chi connectivity index (χ0n) is 18.9. The van der Waals surface area contributed by atoms with E-state index in [2.05, 4.69) is 31.6 Å². The summed E-state index contributed by atoms with van der Waals surface area (Å²) < 4.78 is 14.7. The highest BCUT2D eigenvalue weighted by molar-refractivity contribution is 5.94. The van der Waals surface area contributed by atoms with Crippen LogP contribution in [0.15, 0.2) is 24.5 Å². The maximum absolute atomic E-state index is 12.9. The van der Waals surface area contributed by atoms with E-state index in [0.717, 1.165) is 54.4 Å². The van der Waals surface area contributed by atoms with Gasteiger partial charge in [0.05, 0.1) is 36.7 Å². The zero-order valence-corrected chi connectivity index (χ0v) is 18.9. The summed E-state index contributed by atoms with van der Waals surface area (Å²) in [5, 5.41) is 14.8. The predicted molar refractivity (Wildman–Crippen MR) is 121 cm³/mol. The standard InChI is InChI=1S/C24H28FN7O/c1-13-15(3-6-22(27-13)31-11-19-18(7-25)20(19)12-31)9-32-10-16(8-26-32)24(33)28-21-5-4-17-14(2)29-30-23(17)21/h3,6,8,10,18-21H,4-5,7,9,11-12H2,1-2H3,(H,28,33)(H,29,30)/t18-,19-,20+,21-/m1/s1. The van der Waals surface area contributed by atoms with Crippen molar-refractivity contribution in [2.24, 2.45) is 17.8 Å². The second-order valence-electron chi connectivity index (χ2n) is 9.67. The number of carbonyl (C=O) groups excluding carboxylic acids is 1. The predicted octanol–water partition coefficient (Wildman–Crippen LogP) is 2.74. The number of halogens is 1. The Balaban J connectivity index is 1.09. The van der Waals surface area contributed by atoms with Gasteiger partial charge in [0.15, 0.2) is 0 Å². The summed E-state index contributed by atoms with van der Waals surface area (Å²) >= 11 is 0. The molecule has 0 unspecified atom stereocenters. The number of fused-ring (bicyclic) bond motifs is 2. The molecule has 4 atom stereocenters. The first-order valence-electron chi connectivity index (χ1n) is 11.7. The summed E-state index contributed by atoms with van der Waals surface area (Å²) in [6.07, 6.45) is 5.19. The van der Waals surface area contributed by atoms with Gasteiger partial charge in [-0.05, 0) is 61.6 Å². The van der Waals surface area contributed by atoms with E-state index in [1.54, 1.807) is 17.1 Å². The lowest BCUT2D eigenvalue weighted by atomic mass is 10.2. The number of amides is 1. The lowest BCUT2D eigenvalue weighted by molar-refractivity contribution is 0.0936. The minimum atomic E-state index is -0.192. The van der Waals surface area contributed by atoms with Crippen molar-refractivity contribution in [3.05, 3.63) is 58.3 Å². The van der Waals surface area contributed by atoms with E-state index in [1.165, 1.54) is 5.56 Å². The lowest BCUT2D eigenvalue weighted by Gasteiger charge is -2.21. The van der Waals surface area contributed by atoms with Gasteiger partial charge in [0.1, 0.15) is 5.82 Å². The van der Waals surface area contributed by atoms with Crippen LogP contribution < -0.4 is 10.2 Å². The molecule has 2 N–H and O–H groups in total. The number of aryl methyl sites for hydroxylation is 2. The fourth-order valence-corrected chi connectivity index (χ4v) is 5.61. The molecule has 4 heterocycles. The van der Waals surface area contributed by atoms with Crippen LogP contribution >= 0.6 is 0 Å². The largest absolute Gasteiger partial charge is 0.356 e. The number of carbonyl (C=O) groups is 1. The molecule has 6 rings (SSSR count). The van der Waals surface area contributed by atoms with Crippen molar-refractivity contribution in [2.45, 2.75) is 39.3 Å². The molecule has 0 bridgehead atoms. The fourth-order valence-electron chi connectivity index (χ4n) is 5.61. The van der Waals surface area contributed by atoms with Crippen molar-refractivity contribution in [2.75, 3.05) is 24.7 Å². The molecule has 8 nitrogen and oxygen atoms in total. The second kappa shape index (κ2) is 7.67. The van der Waals surface area contributed by atoms with E-state index < -0.39 is 0 Å². The first-order chi connectivity index (χ1) is 16.0. The smallest absolute Gasteiger partial charge is 0.255 e. The molecule has 3 aliphatic rings. The number of hydrogen-bond donors (Lipinski definition) is 2. The van der Waals surface area contributed by atoms with Gasteiger partial charge in [-0.2, -0.15) is 10.2 Å². The molecule has 1 aliphatic heterocycles. The fraction of sp³-hybridized carbons (Fsp3) is 0.500. The summed E-state index contributed by atoms with van der Waals surface area (Å²) in [6.45, 7) is 6.18. The molecule has 3 aromatic rings. The van der Waals surface area contributed by atoms with Crippen molar-refractivity contribution < 1.29 is 9.18 Å². The van der Waals surface area contributed by atoms with Crippen LogP contribution in [-0.4, -0.2) is 50.6 Å². The van der Waals surface area contributed by atoms with E-state index in [9.17, 15) is 9.18 Å². The average Bonchev–Trinajstić information content (AvgIpc) is 3.36. The van der Waals surface area contributed by atoms with Gasteiger partial charge in [0, 0.05) is 30.7 Å². The Morgan fingerprint density at radius 2 is 2.09 bits per heavy atom. The Kier molecular flexibility index (Phi) is 4.74. The molecule has 0 spiro atoms. The van der Waals surface area contributed by atoms with Crippen LogP contribution in [0, 0.1) is 31.6 Å². The number of nitrogens with one attached hydrogen (secondary N) is 2. The SMILES string of the molecule is Cc1nc(N2C[C@@H]3[C@@H](CF)[C@@H]3C2)ccc1Cn1cc(C(=O)N[C@@H]2CCc3c2n[nH]c3C)cn1. The Hall–Kier alpha value is -3.23. The zero-order chi connectivity index (χ0) is 22.7. The normalized spacial score (nSPS) is 25.2. The number of hydrogen-bond acceptors (Lipinski definition) is 5. The molecule has 33 heavy (non-hydrogen) atoms. The van der Waals surface area contributed by atoms with Gasteiger partial charge in [-0.1, -0.05) is 6.07 Å². The molecule has 3 aromatic heterocycles. The number of nitrogens with zero attached hydrogens (tertiary/aromatic N) is 5. The maximum atomic E-state index is 12.9. The van der Waals surface area contributed by atoms with Crippen molar-refractivity contribution in [1.29, 1.82) is 0 Å². The van der Waals surface area contributed by atoms with E-state index in [1.807, 2.05) is 19.9 Å². The Morgan fingerprint density at radius 3 is 2.85 bits per heavy atom. The van der Waals surface area contributed by atoms with Crippen molar-refractivity contribution in [3.63, 3.8) is 0 Å². The van der Waals surface area contributed by atoms with E-state index in [4.69, 9.17) is 4.98 Å². The highest BCUT2D eigenvalue weighted by Gasteiger charge is 2.55. The van der Waals surface area contributed by atoms with Crippen LogP contribution in [0.3, 0.4) is 0 Å². The molecule has 2 fully saturated rings. The summed E-state index contributed by atoms with van der Waals surface area (Å²) in [6, 6.07) is 4.06. The van der Waals surface area contributed by atoms with Crippen LogP contribution in [0.4, 0.5) is 10.2 Å². The molecular weight excluding hydrogens is 421 g/mol. The van der Waals surface area contributed by atoms with Crippen LogP contribution in [0.2, 0.25) is 0 Å². The molecule has 1 saturated carbocycles. The highest BCUT2D eigenvalue weighted by atomic mass is 19.1. The topological polar surface area (TPSA) is 91.7 Å². The molecule has 172 valence electrons. The molecule has 0 radical (unpaired) electrons. The van der Waals surface area contributed by atoms with Crippen molar-refractivity contribution in [1.82, 2.24) is 30.3 Å². The van der Waals surface area contributed by atoms with Crippen LogP contribution in [-0.2, 0) is 13.0 Å². The van der Waals surface area contributed by atoms with Crippen molar-refractivity contribution >= 4 is 11.7 Å². The quantitative estimate of drug-likeness (QED) is 0.604. The molecule has 1 amide bonds. The number of anilines is 1. The van der Waals surface area contributed by atoms with Gasteiger partial charge in [-0.25, -0.2) is 4.98 Å². The number of pyridine rings is 1. The van der Waals surface area contributed by atoms with Gasteiger partial charge in [-0.15, -0.1) is 0 Å². The van der Waals surface area contributed by atoms with Gasteiger partial charge in [-0.3, -0.25) is 19.0 Å². The highest BCUT2D eigenvalue weighted by Crippen LogP contribution is 2.52. The minimum absolute atomic E-state index is 0.0587. The molecule has 9 heteroatoms. The number of piperidine rings is 1. The van der Waals surface area contributed by atoms with Gasteiger partial charge >= 0.3 is 0 Å². The molecule has 0 aromatic carbocycles. The maximum Gasteiger partial charge on any atom is 0.255 e. The van der Waals surface area contributed by atoms with Crippen molar-refractivity contribution in [3.8, 4) is 0 Å². The summed E-state index contributed by atoms with van der Waals surface area (Å²) in [5.41, 5.74) is 5.80. The third-order valence-corrected chi connectivity index (χ3v) is 7.71. The second-order valence-corrected chi connectivity index (χ2v) is 9.67. The Bertz CT molecular complexity index is 1210. The average molecular weight is 450 g/mol. The Labute approximate surface area is 191 Å². The number of aromatic nitrogens is 5. The number of alkyl halides is 1. The lowest BCUT2D eigenvalue weighted by Crippen LogP contribution is -2.27. The number of aromatic amines is 1. The molecule has 2 aliphatic carbocycles. The third-order valence-electron chi connectivity index (χ3n) is 7.71. The third kappa shape index (κ3) is 3.50. The first kappa shape index (κ1) is 20.4. The summed E-state index contributed by atoms with van der Waals surface area (Å²) in [5.74, 6) is 2.10. The number of H-pyrrole nitrogens is 1. The summed E-state index contributed by atoms with van der Waals surface area (Å²) in [4.78, 5) is 19.8. The van der Waals surface area contributed by atoms with Gasteiger partial charge in [0.25, 0.3) is 5.91 Å². The van der Waals surface area contributed by atoms with Gasteiger partial charge in [0.2, 0.25) is 0 Å². The van der Waals surface area contributed by atoms with E-state index in [-0.39, 0.29) is 24.5 Å². The monoisotopic (exact) mass is 449 g/mol.